The zero-order valence-corrected chi connectivity index (χ0v) is 11.5. The van der Waals surface area contributed by atoms with E-state index in [-0.39, 0.29) is 5.69 Å². The summed E-state index contributed by atoms with van der Waals surface area (Å²) >= 11 is 0. The van der Waals surface area contributed by atoms with Crippen molar-refractivity contribution >= 4 is 15.5 Å². The lowest BCUT2D eigenvalue weighted by Crippen LogP contribution is -2.10. The van der Waals surface area contributed by atoms with E-state index < -0.39 is 32.1 Å². The van der Waals surface area contributed by atoms with Crippen LogP contribution in [0.2, 0.25) is 0 Å². The minimum absolute atomic E-state index is 0.158. The number of sulfone groups is 1. The van der Waals surface area contributed by atoms with E-state index in [2.05, 4.69) is 0 Å². The van der Waals surface area contributed by atoms with Crippen molar-refractivity contribution in [1.82, 2.24) is 0 Å². The fourth-order valence-electron chi connectivity index (χ4n) is 1.85. The fraction of sp³-hybridized carbons (Fsp3) is 0.143. The summed E-state index contributed by atoms with van der Waals surface area (Å²) in [5.74, 6) is -2.81. The number of anilines is 1. The zero-order chi connectivity index (χ0) is 14.9. The fourth-order valence-corrected chi connectivity index (χ4v) is 3.34. The van der Waals surface area contributed by atoms with Gasteiger partial charge in [0.05, 0.1) is 5.75 Å². The van der Waals surface area contributed by atoms with Gasteiger partial charge in [-0.15, -0.1) is 0 Å². The molecule has 20 heavy (non-hydrogen) atoms. The Morgan fingerprint density at radius 3 is 2.05 bits per heavy atom. The molecule has 2 rings (SSSR count). The monoisotopic (exact) mass is 297 g/mol. The lowest BCUT2D eigenvalue weighted by atomic mass is 10.2. The molecule has 0 amide bonds. The highest BCUT2D eigenvalue weighted by Gasteiger charge is 2.25. The Balaban J connectivity index is 2.43. The maximum absolute atomic E-state index is 13.7. The van der Waals surface area contributed by atoms with Crippen LogP contribution in [0, 0.1) is 18.6 Å². The summed E-state index contributed by atoms with van der Waals surface area (Å²) in [6.07, 6.45) is 0. The van der Waals surface area contributed by atoms with Crippen molar-refractivity contribution in [2.24, 2.45) is 0 Å². The molecule has 0 bridgehead atoms. The molecule has 0 heterocycles. The van der Waals surface area contributed by atoms with Gasteiger partial charge in [0.1, 0.15) is 16.5 Å². The Labute approximate surface area is 116 Å². The van der Waals surface area contributed by atoms with E-state index >= 15 is 0 Å². The summed E-state index contributed by atoms with van der Waals surface area (Å²) in [6.45, 7) is 1.86. The average molecular weight is 297 g/mol. The van der Waals surface area contributed by atoms with Crippen molar-refractivity contribution in [2.75, 3.05) is 5.73 Å². The number of hydrogen-bond donors (Lipinski definition) is 1. The molecule has 2 aromatic rings. The highest BCUT2D eigenvalue weighted by atomic mass is 32.2. The highest BCUT2D eigenvalue weighted by Crippen LogP contribution is 2.25. The smallest absolute Gasteiger partial charge is 0.188 e. The first-order valence-electron chi connectivity index (χ1n) is 5.82. The SMILES string of the molecule is Cc1ccc(CS(=O)(=O)c2c(F)cc(N)cc2F)cc1. The zero-order valence-electron chi connectivity index (χ0n) is 10.7. The van der Waals surface area contributed by atoms with Crippen LogP contribution in [0.1, 0.15) is 11.1 Å². The van der Waals surface area contributed by atoms with Crippen LogP contribution < -0.4 is 5.73 Å². The first kappa shape index (κ1) is 14.5. The molecule has 0 saturated carbocycles. The summed E-state index contributed by atoms with van der Waals surface area (Å²) < 4.78 is 51.6. The van der Waals surface area contributed by atoms with Gasteiger partial charge in [-0.3, -0.25) is 0 Å². The molecule has 6 heteroatoms. The molecule has 0 saturated heterocycles. The number of nitrogen functional groups attached to an aromatic ring is 1. The van der Waals surface area contributed by atoms with Crippen molar-refractivity contribution in [3.05, 3.63) is 59.2 Å². The Hall–Kier alpha value is -1.95. The standard InChI is InChI=1S/C14H13F2NO2S/c1-9-2-4-10(5-3-9)8-20(18,19)14-12(15)6-11(17)7-13(14)16/h2-7H,8,17H2,1H3. The van der Waals surface area contributed by atoms with Gasteiger partial charge in [0.25, 0.3) is 0 Å². The van der Waals surface area contributed by atoms with Crippen LogP contribution in [0.25, 0.3) is 0 Å². The number of hydrogen-bond acceptors (Lipinski definition) is 3. The summed E-state index contributed by atoms with van der Waals surface area (Å²) in [5, 5.41) is 0. The van der Waals surface area contributed by atoms with Gasteiger partial charge in [0, 0.05) is 5.69 Å². The largest absolute Gasteiger partial charge is 0.399 e. The second kappa shape index (κ2) is 5.20. The minimum atomic E-state index is -4.11. The predicted octanol–water partition coefficient (Wildman–Crippen LogP) is 2.83. The van der Waals surface area contributed by atoms with Gasteiger partial charge in [-0.1, -0.05) is 29.8 Å². The van der Waals surface area contributed by atoms with Gasteiger partial charge in [-0.2, -0.15) is 0 Å². The van der Waals surface area contributed by atoms with Crippen LogP contribution >= 0.6 is 0 Å². The average Bonchev–Trinajstić information content (AvgIpc) is 2.30. The second-order valence-corrected chi connectivity index (χ2v) is 6.48. The molecular formula is C14H13F2NO2S. The van der Waals surface area contributed by atoms with Gasteiger partial charge < -0.3 is 5.73 Å². The van der Waals surface area contributed by atoms with Crippen LogP contribution in [-0.2, 0) is 15.6 Å². The quantitative estimate of drug-likeness (QED) is 0.886. The van der Waals surface area contributed by atoms with Crippen molar-refractivity contribution in [3.8, 4) is 0 Å². The van der Waals surface area contributed by atoms with Crippen LogP contribution in [-0.4, -0.2) is 8.42 Å². The van der Waals surface area contributed by atoms with E-state index in [1.807, 2.05) is 6.92 Å². The molecular weight excluding hydrogens is 284 g/mol. The Morgan fingerprint density at radius 2 is 1.55 bits per heavy atom. The van der Waals surface area contributed by atoms with Crippen molar-refractivity contribution in [2.45, 2.75) is 17.6 Å². The molecule has 0 fully saturated rings. The lowest BCUT2D eigenvalue weighted by Gasteiger charge is -2.08. The molecule has 106 valence electrons. The number of nitrogens with two attached hydrogens (primary N) is 1. The van der Waals surface area contributed by atoms with Crippen molar-refractivity contribution in [1.29, 1.82) is 0 Å². The van der Waals surface area contributed by atoms with Gasteiger partial charge in [0.2, 0.25) is 0 Å². The molecule has 2 aromatic carbocycles. The molecule has 0 unspecified atom stereocenters. The third-order valence-corrected chi connectivity index (χ3v) is 4.53. The normalized spacial score (nSPS) is 11.6. The topological polar surface area (TPSA) is 60.2 Å². The van der Waals surface area contributed by atoms with Gasteiger partial charge in [-0.05, 0) is 24.6 Å². The van der Waals surface area contributed by atoms with Gasteiger partial charge in [-0.25, -0.2) is 17.2 Å². The van der Waals surface area contributed by atoms with Crippen LogP contribution in [0.3, 0.4) is 0 Å². The van der Waals surface area contributed by atoms with E-state index in [0.717, 1.165) is 17.7 Å². The maximum Gasteiger partial charge on any atom is 0.188 e. The number of benzene rings is 2. The molecule has 0 aromatic heterocycles. The Kier molecular flexibility index (Phi) is 3.76. The van der Waals surface area contributed by atoms with Crippen LogP contribution in [0.4, 0.5) is 14.5 Å². The third kappa shape index (κ3) is 2.96. The highest BCUT2D eigenvalue weighted by molar-refractivity contribution is 7.90. The second-order valence-electron chi connectivity index (χ2n) is 4.56. The Morgan fingerprint density at radius 1 is 1.05 bits per heavy atom. The molecule has 2 N–H and O–H groups in total. The molecule has 0 aliphatic heterocycles. The molecule has 0 aliphatic carbocycles. The molecule has 0 spiro atoms. The van der Waals surface area contributed by atoms with E-state index in [0.29, 0.717) is 5.56 Å². The number of rotatable bonds is 3. The predicted molar refractivity (Wildman–Crippen MR) is 72.8 cm³/mol. The molecule has 3 nitrogen and oxygen atoms in total. The maximum atomic E-state index is 13.7. The van der Waals surface area contributed by atoms with E-state index in [1.165, 1.54) is 0 Å². The van der Waals surface area contributed by atoms with Crippen molar-refractivity contribution < 1.29 is 17.2 Å². The van der Waals surface area contributed by atoms with Gasteiger partial charge >= 0.3 is 0 Å². The summed E-state index contributed by atoms with van der Waals surface area (Å²) in [6, 6.07) is 8.29. The van der Waals surface area contributed by atoms with E-state index in [1.54, 1.807) is 24.3 Å². The Bertz CT molecular complexity index is 717. The summed E-state index contributed by atoms with van der Waals surface area (Å²) in [7, 11) is -4.11. The first-order valence-corrected chi connectivity index (χ1v) is 7.47. The molecule has 0 aliphatic rings. The first-order chi connectivity index (χ1) is 9.29. The minimum Gasteiger partial charge on any atom is -0.399 e. The number of halogens is 2. The third-order valence-electron chi connectivity index (χ3n) is 2.81. The summed E-state index contributed by atoms with van der Waals surface area (Å²) in [5.41, 5.74) is 6.54. The number of aryl methyl sites for hydroxylation is 1. The van der Waals surface area contributed by atoms with E-state index in [4.69, 9.17) is 5.73 Å². The lowest BCUT2D eigenvalue weighted by molar-refractivity contribution is 0.520. The molecule has 0 atom stereocenters. The van der Waals surface area contributed by atoms with Crippen LogP contribution in [0.5, 0.6) is 0 Å². The van der Waals surface area contributed by atoms with Crippen LogP contribution in [0.15, 0.2) is 41.3 Å². The van der Waals surface area contributed by atoms with E-state index in [9.17, 15) is 17.2 Å². The summed E-state index contributed by atoms with van der Waals surface area (Å²) in [4.78, 5) is -0.938. The van der Waals surface area contributed by atoms with Gasteiger partial charge in [0.15, 0.2) is 9.84 Å². The molecule has 0 radical (unpaired) electrons. The van der Waals surface area contributed by atoms with Crippen molar-refractivity contribution in [3.63, 3.8) is 0 Å².